The second-order valence-electron chi connectivity index (χ2n) is 2.35. The molecule has 0 spiro atoms. The zero-order valence-corrected chi connectivity index (χ0v) is 7.93. The summed E-state index contributed by atoms with van der Waals surface area (Å²) in [5, 5.41) is 0. The van der Waals surface area contributed by atoms with E-state index < -0.39 is 11.2 Å². The molecule has 0 aromatic carbocycles. The second kappa shape index (κ2) is 5.07. The van der Waals surface area contributed by atoms with Crippen LogP contribution in [0.4, 0.5) is 0 Å². The molecule has 8 heteroatoms. The number of guanidine groups is 1. The van der Waals surface area contributed by atoms with Crippen LogP contribution in [0, 0.1) is 0 Å². The molecule has 14 heavy (non-hydrogen) atoms. The van der Waals surface area contributed by atoms with Gasteiger partial charge < -0.3 is 16.5 Å². The Hall–Kier alpha value is -1.76. The van der Waals surface area contributed by atoms with Crippen LogP contribution in [0.15, 0.2) is 20.6 Å². The van der Waals surface area contributed by atoms with Crippen LogP contribution in [-0.2, 0) is 6.54 Å². The Bertz CT molecular complexity index is 402. The lowest BCUT2D eigenvalue weighted by atomic mass is 10.4. The monoisotopic (exact) mass is 219 g/mol. The minimum Gasteiger partial charge on any atom is -0.370 e. The van der Waals surface area contributed by atoms with E-state index in [1.165, 1.54) is 6.07 Å². The van der Waals surface area contributed by atoms with Gasteiger partial charge in [0.05, 0.1) is 6.54 Å². The van der Waals surface area contributed by atoms with Gasteiger partial charge in [-0.25, -0.2) is 9.79 Å². The normalized spacial score (nSPS) is 8.86. The van der Waals surface area contributed by atoms with Crippen molar-refractivity contribution in [3.8, 4) is 0 Å². The summed E-state index contributed by atoms with van der Waals surface area (Å²) in [6.07, 6.45) is 0. The van der Waals surface area contributed by atoms with E-state index in [0.29, 0.717) is 5.69 Å². The molecule has 0 bridgehead atoms. The summed E-state index contributed by atoms with van der Waals surface area (Å²) in [4.78, 5) is 29.5. The molecule has 0 radical (unpaired) electrons. The zero-order valence-electron chi connectivity index (χ0n) is 7.11. The predicted molar refractivity (Wildman–Crippen MR) is 54.4 cm³/mol. The third-order valence-corrected chi connectivity index (χ3v) is 1.25. The van der Waals surface area contributed by atoms with E-state index in [1.54, 1.807) is 0 Å². The molecule has 1 heterocycles. The van der Waals surface area contributed by atoms with Gasteiger partial charge in [-0.15, -0.1) is 12.4 Å². The molecule has 6 N–H and O–H groups in total. The van der Waals surface area contributed by atoms with E-state index in [4.69, 9.17) is 11.5 Å². The van der Waals surface area contributed by atoms with Gasteiger partial charge in [0.15, 0.2) is 5.96 Å². The lowest BCUT2D eigenvalue weighted by molar-refractivity contribution is 0.911. The standard InChI is InChI=1S/C6H9N5O2.ClH/c7-5(8)9-2-3-1-4(12)11-6(13)10-3;/h1H,2H2,(H4,7,8,9)(H2,10,11,12,13);1H. The Morgan fingerprint density at radius 2 is 2.00 bits per heavy atom. The van der Waals surface area contributed by atoms with E-state index in [1.807, 2.05) is 4.98 Å². The maximum Gasteiger partial charge on any atom is 0.325 e. The molecule has 0 aliphatic heterocycles. The molecule has 7 nitrogen and oxygen atoms in total. The first kappa shape index (κ1) is 12.2. The molecule has 0 aliphatic rings. The van der Waals surface area contributed by atoms with Crippen molar-refractivity contribution < 1.29 is 0 Å². The maximum atomic E-state index is 10.8. The van der Waals surface area contributed by atoms with Crippen LogP contribution in [0.1, 0.15) is 5.69 Å². The van der Waals surface area contributed by atoms with E-state index in [-0.39, 0.29) is 24.9 Å². The second-order valence-corrected chi connectivity index (χ2v) is 2.35. The first-order valence-electron chi connectivity index (χ1n) is 3.46. The Labute approximate surface area is 84.7 Å². The number of hydrogen-bond donors (Lipinski definition) is 4. The fraction of sp³-hybridized carbons (Fsp3) is 0.167. The molecule has 1 aromatic rings. The summed E-state index contributed by atoms with van der Waals surface area (Å²) in [7, 11) is 0. The largest absolute Gasteiger partial charge is 0.370 e. The van der Waals surface area contributed by atoms with E-state index in [2.05, 4.69) is 9.98 Å². The highest BCUT2D eigenvalue weighted by Gasteiger charge is 1.94. The number of aliphatic imine (C=N–C) groups is 1. The van der Waals surface area contributed by atoms with E-state index in [0.717, 1.165) is 0 Å². The molecule has 0 aliphatic carbocycles. The topological polar surface area (TPSA) is 130 Å². The summed E-state index contributed by atoms with van der Waals surface area (Å²) < 4.78 is 0. The number of rotatable bonds is 2. The molecular formula is C6H10ClN5O2. The fourth-order valence-corrected chi connectivity index (χ4v) is 0.781. The Morgan fingerprint density at radius 3 is 2.50 bits per heavy atom. The first-order valence-corrected chi connectivity index (χ1v) is 3.46. The SMILES string of the molecule is Cl.NC(N)=NCc1cc(=O)[nH]c(=O)[nH]1. The van der Waals surface area contributed by atoms with Crippen molar-refractivity contribution in [3.63, 3.8) is 0 Å². The van der Waals surface area contributed by atoms with Crippen LogP contribution in [-0.4, -0.2) is 15.9 Å². The average molecular weight is 220 g/mol. The quantitative estimate of drug-likeness (QED) is 0.347. The van der Waals surface area contributed by atoms with Gasteiger partial charge in [0.1, 0.15) is 0 Å². The number of aromatic nitrogens is 2. The third-order valence-electron chi connectivity index (χ3n) is 1.25. The number of H-pyrrole nitrogens is 2. The van der Waals surface area contributed by atoms with Crippen molar-refractivity contribution in [2.45, 2.75) is 6.54 Å². The van der Waals surface area contributed by atoms with Gasteiger partial charge in [-0.1, -0.05) is 0 Å². The minimum atomic E-state index is -0.576. The number of hydrogen-bond acceptors (Lipinski definition) is 3. The first-order chi connectivity index (χ1) is 6.08. The number of nitrogens with two attached hydrogens (primary N) is 2. The van der Waals surface area contributed by atoms with Gasteiger partial charge in [0.2, 0.25) is 0 Å². The minimum absolute atomic E-state index is 0. The maximum absolute atomic E-state index is 10.8. The lowest BCUT2D eigenvalue weighted by Crippen LogP contribution is -2.25. The summed E-state index contributed by atoms with van der Waals surface area (Å²) in [6, 6.07) is 1.22. The van der Waals surface area contributed by atoms with Crippen molar-refractivity contribution in [1.82, 2.24) is 9.97 Å². The zero-order chi connectivity index (χ0) is 9.84. The van der Waals surface area contributed by atoms with Gasteiger partial charge in [0, 0.05) is 11.8 Å². The summed E-state index contributed by atoms with van der Waals surface area (Å²) in [5.41, 5.74) is 9.44. The molecule has 1 rings (SSSR count). The molecular weight excluding hydrogens is 210 g/mol. The predicted octanol–water partition coefficient (Wildman–Crippen LogP) is -1.74. The van der Waals surface area contributed by atoms with E-state index >= 15 is 0 Å². The molecule has 0 saturated heterocycles. The van der Waals surface area contributed by atoms with Crippen molar-refractivity contribution in [2.24, 2.45) is 16.5 Å². The number of nitrogens with one attached hydrogen (secondary N) is 2. The van der Waals surface area contributed by atoms with Crippen molar-refractivity contribution in [1.29, 1.82) is 0 Å². The molecule has 0 saturated carbocycles. The highest BCUT2D eigenvalue weighted by atomic mass is 35.5. The molecule has 1 aromatic heterocycles. The van der Waals surface area contributed by atoms with Gasteiger partial charge >= 0.3 is 5.69 Å². The Balaban J connectivity index is 0.00000169. The lowest BCUT2D eigenvalue weighted by Gasteiger charge is -1.94. The van der Waals surface area contributed by atoms with Crippen LogP contribution >= 0.6 is 12.4 Å². The van der Waals surface area contributed by atoms with Gasteiger partial charge in [-0.2, -0.15) is 0 Å². The van der Waals surface area contributed by atoms with Crippen molar-refractivity contribution in [3.05, 3.63) is 32.6 Å². The average Bonchev–Trinajstić information content (AvgIpc) is 1.99. The molecule has 0 amide bonds. The number of nitrogens with zero attached hydrogens (tertiary/aromatic N) is 1. The smallest absolute Gasteiger partial charge is 0.325 e. The number of halogens is 1. The van der Waals surface area contributed by atoms with E-state index in [9.17, 15) is 9.59 Å². The molecule has 0 atom stereocenters. The summed E-state index contributed by atoms with van der Waals surface area (Å²) in [5.74, 6) is -0.0962. The Morgan fingerprint density at radius 1 is 1.36 bits per heavy atom. The van der Waals surface area contributed by atoms with Crippen molar-refractivity contribution >= 4 is 18.4 Å². The molecule has 78 valence electrons. The van der Waals surface area contributed by atoms with Crippen molar-refractivity contribution in [2.75, 3.05) is 0 Å². The fourth-order valence-electron chi connectivity index (χ4n) is 0.781. The van der Waals surface area contributed by atoms with Crippen LogP contribution in [0.25, 0.3) is 0 Å². The van der Waals surface area contributed by atoms with Crippen LogP contribution in [0.5, 0.6) is 0 Å². The number of aromatic amines is 2. The highest BCUT2D eigenvalue weighted by Crippen LogP contribution is 1.87. The molecule has 0 fully saturated rings. The van der Waals surface area contributed by atoms with Gasteiger partial charge in [0.25, 0.3) is 5.56 Å². The van der Waals surface area contributed by atoms with Gasteiger partial charge in [-0.05, 0) is 0 Å². The Kier molecular flexibility index (Phi) is 4.44. The third kappa shape index (κ3) is 3.76. The highest BCUT2D eigenvalue weighted by molar-refractivity contribution is 5.85. The van der Waals surface area contributed by atoms with Crippen LogP contribution < -0.4 is 22.7 Å². The van der Waals surface area contributed by atoms with Gasteiger partial charge in [-0.3, -0.25) is 9.78 Å². The van der Waals surface area contributed by atoms with Crippen LogP contribution in [0.2, 0.25) is 0 Å². The van der Waals surface area contributed by atoms with Crippen LogP contribution in [0.3, 0.4) is 0 Å². The summed E-state index contributed by atoms with van der Waals surface area (Å²) >= 11 is 0. The molecule has 0 unspecified atom stereocenters. The summed E-state index contributed by atoms with van der Waals surface area (Å²) in [6.45, 7) is 0.0848.